The Bertz CT molecular complexity index is 130. The van der Waals surface area contributed by atoms with Crippen molar-refractivity contribution >= 4 is 7.05 Å². The zero-order valence-corrected chi connectivity index (χ0v) is 7.74. The van der Waals surface area contributed by atoms with Gasteiger partial charge in [0.05, 0.1) is 0 Å². The van der Waals surface area contributed by atoms with Gasteiger partial charge in [0.25, 0.3) is 0 Å². The molecule has 12 heavy (non-hydrogen) atoms. The summed E-state index contributed by atoms with van der Waals surface area (Å²) in [5, 5.41) is 18.2. The fourth-order valence-electron chi connectivity index (χ4n) is 1.97. The van der Waals surface area contributed by atoms with Crippen molar-refractivity contribution in [1.29, 1.82) is 0 Å². The molecule has 1 atom stereocenters. The molecule has 0 aromatic heterocycles. The van der Waals surface area contributed by atoms with Crippen LogP contribution >= 0.6 is 0 Å². The largest absolute Gasteiger partial charge is 0.437 e. The van der Waals surface area contributed by atoms with Gasteiger partial charge in [0.2, 0.25) is 0 Å². The molecular formula is C8H18BNO2. The van der Waals surface area contributed by atoms with E-state index in [-0.39, 0.29) is 13.7 Å². The van der Waals surface area contributed by atoms with Crippen LogP contribution in [0.3, 0.4) is 0 Å². The third kappa shape index (κ3) is 2.47. The summed E-state index contributed by atoms with van der Waals surface area (Å²) in [4.78, 5) is 2.08. The van der Waals surface area contributed by atoms with Gasteiger partial charge in [-0.3, -0.25) is 0 Å². The van der Waals surface area contributed by atoms with Gasteiger partial charge in [-0.1, -0.05) is 6.42 Å². The third-order valence-electron chi connectivity index (χ3n) is 2.61. The lowest BCUT2D eigenvalue weighted by molar-refractivity contribution is 0.176. The molecule has 0 aromatic rings. The topological polar surface area (TPSA) is 43.7 Å². The number of aliphatic hydroxyl groups excluding tert-OH is 1. The molecule has 1 aliphatic rings. The molecular weight excluding hydrogens is 153 g/mol. The Hall–Kier alpha value is -0.0551. The van der Waals surface area contributed by atoms with Crippen molar-refractivity contribution in [3.8, 4) is 0 Å². The average Bonchev–Trinajstić information content (AvgIpc) is 2.05. The molecule has 1 heterocycles. The number of hydrogen-bond donors (Lipinski definition) is 2. The standard InChI is InChI=1S/C8H18BNO2/c1-9(12)10-6-3-2-4-8(10)5-7-11/h8,11-12H,2-7H2,1H3/t8-/m1/s1. The van der Waals surface area contributed by atoms with Crippen LogP contribution in [0.4, 0.5) is 0 Å². The van der Waals surface area contributed by atoms with Crippen molar-refractivity contribution in [3.05, 3.63) is 0 Å². The predicted molar refractivity (Wildman–Crippen MR) is 49.9 cm³/mol. The first kappa shape index (κ1) is 10.0. The van der Waals surface area contributed by atoms with E-state index in [1.807, 2.05) is 0 Å². The number of rotatable bonds is 3. The second-order valence-electron chi connectivity index (χ2n) is 3.53. The highest BCUT2D eigenvalue weighted by Gasteiger charge is 2.26. The molecule has 1 aliphatic heterocycles. The number of hydrogen-bond acceptors (Lipinski definition) is 3. The fourth-order valence-corrected chi connectivity index (χ4v) is 1.97. The molecule has 0 saturated carbocycles. The number of nitrogens with zero attached hydrogens (tertiary/aromatic N) is 1. The molecule has 0 bridgehead atoms. The van der Waals surface area contributed by atoms with E-state index in [0.717, 1.165) is 19.4 Å². The third-order valence-corrected chi connectivity index (χ3v) is 2.61. The maximum Gasteiger partial charge on any atom is 0.376 e. The Morgan fingerprint density at radius 3 is 2.83 bits per heavy atom. The Balaban J connectivity index is 2.42. The first-order valence-corrected chi connectivity index (χ1v) is 4.80. The van der Waals surface area contributed by atoms with Gasteiger partial charge in [-0.05, 0) is 32.6 Å². The van der Waals surface area contributed by atoms with Gasteiger partial charge in [0, 0.05) is 12.6 Å². The zero-order valence-electron chi connectivity index (χ0n) is 7.74. The van der Waals surface area contributed by atoms with Crippen LogP contribution in [0.25, 0.3) is 0 Å². The highest BCUT2D eigenvalue weighted by Crippen LogP contribution is 2.19. The maximum absolute atomic E-state index is 9.42. The maximum atomic E-state index is 9.42. The molecule has 1 saturated heterocycles. The van der Waals surface area contributed by atoms with Crippen LogP contribution in [0.2, 0.25) is 6.82 Å². The summed E-state index contributed by atoms with van der Waals surface area (Å²) in [5.74, 6) is 0. The van der Waals surface area contributed by atoms with Gasteiger partial charge in [0.15, 0.2) is 0 Å². The van der Waals surface area contributed by atoms with Crippen molar-refractivity contribution in [1.82, 2.24) is 4.81 Å². The lowest BCUT2D eigenvalue weighted by atomic mass is 9.79. The van der Waals surface area contributed by atoms with Gasteiger partial charge in [-0.25, -0.2) is 0 Å². The van der Waals surface area contributed by atoms with Gasteiger partial charge in [-0.2, -0.15) is 0 Å². The van der Waals surface area contributed by atoms with Crippen LogP contribution in [0.1, 0.15) is 25.7 Å². The molecule has 0 unspecified atom stereocenters. The summed E-state index contributed by atoms with van der Waals surface area (Å²) in [5.41, 5.74) is 0. The molecule has 0 aromatic carbocycles. The first-order valence-electron chi connectivity index (χ1n) is 4.80. The van der Waals surface area contributed by atoms with Crippen LogP contribution in [-0.2, 0) is 0 Å². The minimum Gasteiger partial charge on any atom is -0.437 e. The Morgan fingerprint density at radius 1 is 1.50 bits per heavy atom. The Kier molecular flexibility index (Phi) is 4.05. The van der Waals surface area contributed by atoms with Crippen LogP contribution in [-0.4, -0.2) is 41.2 Å². The van der Waals surface area contributed by atoms with Gasteiger partial charge >= 0.3 is 7.05 Å². The lowest BCUT2D eigenvalue weighted by Gasteiger charge is -2.36. The molecule has 1 rings (SSSR count). The smallest absolute Gasteiger partial charge is 0.376 e. The summed E-state index contributed by atoms with van der Waals surface area (Å²) in [6.07, 6.45) is 4.32. The summed E-state index contributed by atoms with van der Waals surface area (Å²) >= 11 is 0. The van der Waals surface area contributed by atoms with E-state index in [0.29, 0.717) is 6.04 Å². The van der Waals surface area contributed by atoms with Crippen molar-refractivity contribution in [2.75, 3.05) is 13.2 Å². The summed E-state index contributed by atoms with van der Waals surface area (Å²) < 4.78 is 0. The molecule has 0 spiro atoms. The Labute approximate surface area is 74.5 Å². The van der Waals surface area contributed by atoms with Crippen molar-refractivity contribution in [2.24, 2.45) is 0 Å². The molecule has 0 aliphatic carbocycles. The predicted octanol–water partition coefficient (Wildman–Crippen LogP) is 0.334. The zero-order chi connectivity index (χ0) is 8.97. The van der Waals surface area contributed by atoms with Gasteiger partial charge in [-0.15, -0.1) is 0 Å². The number of aliphatic hydroxyl groups is 1. The summed E-state index contributed by atoms with van der Waals surface area (Å²) in [6.45, 7) is 3.01. The van der Waals surface area contributed by atoms with E-state index >= 15 is 0 Å². The van der Waals surface area contributed by atoms with Crippen LogP contribution in [0, 0.1) is 0 Å². The van der Waals surface area contributed by atoms with Crippen molar-refractivity contribution in [3.63, 3.8) is 0 Å². The molecule has 70 valence electrons. The van der Waals surface area contributed by atoms with Crippen molar-refractivity contribution in [2.45, 2.75) is 38.5 Å². The Morgan fingerprint density at radius 2 is 2.25 bits per heavy atom. The second kappa shape index (κ2) is 4.85. The van der Waals surface area contributed by atoms with Crippen molar-refractivity contribution < 1.29 is 10.1 Å². The average molecular weight is 171 g/mol. The molecule has 1 fully saturated rings. The lowest BCUT2D eigenvalue weighted by Crippen LogP contribution is -2.48. The molecule has 0 radical (unpaired) electrons. The van der Waals surface area contributed by atoms with E-state index < -0.39 is 0 Å². The molecule has 0 amide bonds. The summed E-state index contributed by atoms with van der Waals surface area (Å²) in [6, 6.07) is 0.392. The van der Waals surface area contributed by atoms with Crippen LogP contribution < -0.4 is 0 Å². The molecule has 4 heteroatoms. The van der Waals surface area contributed by atoms with Gasteiger partial charge < -0.3 is 14.9 Å². The van der Waals surface area contributed by atoms with E-state index in [9.17, 15) is 5.02 Å². The van der Waals surface area contributed by atoms with Crippen LogP contribution in [0.5, 0.6) is 0 Å². The van der Waals surface area contributed by atoms with Gasteiger partial charge in [0.1, 0.15) is 0 Å². The first-order chi connectivity index (χ1) is 5.75. The van der Waals surface area contributed by atoms with E-state index in [1.165, 1.54) is 12.8 Å². The second-order valence-corrected chi connectivity index (χ2v) is 3.53. The molecule has 3 nitrogen and oxygen atoms in total. The minimum atomic E-state index is -0.359. The quantitative estimate of drug-likeness (QED) is 0.601. The molecule has 2 N–H and O–H groups in total. The minimum absolute atomic E-state index is 0.230. The SMILES string of the molecule is CB(O)N1CCCC[C@@H]1CCO. The van der Waals surface area contributed by atoms with E-state index in [2.05, 4.69) is 4.81 Å². The van der Waals surface area contributed by atoms with E-state index in [1.54, 1.807) is 6.82 Å². The highest BCUT2D eigenvalue weighted by molar-refractivity contribution is 6.45. The fraction of sp³-hybridized carbons (Fsp3) is 1.00. The monoisotopic (exact) mass is 171 g/mol. The number of piperidine rings is 1. The van der Waals surface area contributed by atoms with E-state index in [4.69, 9.17) is 5.11 Å². The van der Waals surface area contributed by atoms with Crippen LogP contribution in [0.15, 0.2) is 0 Å². The highest BCUT2D eigenvalue weighted by atomic mass is 16.3. The summed E-state index contributed by atoms with van der Waals surface area (Å²) in [7, 11) is -0.359. The normalized spacial score (nSPS) is 25.8.